The predicted octanol–water partition coefficient (Wildman–Crippen LogP) is 5.53. The van der Waals surface area contributed by atoms with Crippen molar-refractivity contribution in [2.24, 2.45) is 0 Å². The van der Waals surface area contributed by atoms with Gasteiger partial charge >= 0.3 is 0 Å². The molecule has 11 heteroatoms. The Labute approximate surface area is 276 Å². The first-order valence-electron chi connectivity index (χ1n) is 13.4. The molecule has 4 aromatic rings. The van der Waals surface area contributed by atoms with Gasteiger partial charge in [-0.05, 0) is 43.5 Å². The van der Waals surface area contributed by atoms with Crippen molar-refractivity contribution in [1.82, 2.24) is 25.1 Å². The van der Waals surface area contributed by atoms with Gasteiger partial charge < -0.3 is 29.6 Å². The first-order valence-corrected chi connectivity index (χ1v) is 13.4. The topological polar surface area (TPSA) is 127 Å². The third-order valence-electron chi connectivity index (χ3n) is 6.98. The molecule has 0 amide bonds. The Balaban J connectivity index is 0.000000272. The number of aromatic amines is 1. The molecule has 1 radical (unpaired) electrons. The van der Waals surface area contributed by atoms with Gasteiger partial charge in [-0.15, -0.1) is 0 Å². The molecule has 0 unspecified atom stereocenters. The van der Waals surface area contributed by atoms with Crippen molar-refractivity contribution in [3.8, 4) is 17.2 Å². The van der Waals surface area contributed by atoms with Crippen LogP contribution in [0, 0.1) is 43.7 Å². The zero-order valence-corrected chi connectivity index (χ0v) is 26.4. The average molecular weight is 723 g/mol. The number of aliphatic hydroxyl groups is 1. The fourth-order valence-corrected chi connectivity index (χ4v) is 4.38. The van der Waals surface area contributed by atoms with E-state index in [1.165, 1.54) is 18.6 Å². The van der Waals surface area contributed by atoms with Gasteiger partial charge in [-0.3, -0.25) is 5.10 Å². The molecule has 0 saturated heterocycles. The number of ether oxygens (including phenoxy) is 3. The molecule has 1 fully saturated rings. The van der Waals surface area contributed by atoms with E-state index in [4.69, 9.17) is 14.2 Å². The zero-order chi connectivity index (χ0) is 29.2. The van der Waals surface area contributed by atoms with Crippen LogP contribution in [0.2, 0.25) is 0 Å². The fourth-order valence-electron chi connectivity index (χ4n) is 4.38. The number of H-pyrrole nitrogens is 1. The smallest absolute Gasteiger partial charge is 0.145 e. The number of nitrogens with zero attached hydrogens (tertiary/aromatic N) is 4. The maximum absolute atomic E-state index is 10.0. The van der Waals surface area contributed by atoms with Crippen molar-refractivity contribution >= 4 is 16.7 Å². The van der Waals surface area contributed by atoms with Gasteiger partial charge in [0.05, 0.1) is 21.3 Å². The summed E-state index contributed by atoms with van der Waals surface area (Å²) in [5, 5.41) is 20.8. The van der Waals surface area contributed by atoms with E-state index >= 15 is 0 Å². The van der Waals surface area contributed by atoms with E-state index in [-0.39, 0.29) is 37.7 Å². The molecule has 0 bridgehead atoms. The number of fused-ring (bicyclic) bond motifs is 1. The number of rotatable bonds is 8. The van der Waals surface area contributed by atoms with Gasteiger partial charge in [0.15, 0.2) is 0 Å². The minimum atomic E-state index is -0.625. The van der Waals surface area contributed by atoms with Crippen molar-refractivity contribution in [3.63, 3.8) is 0 Å². The van der Waals surface area contributed by atoms with Crippen LogP contribution in [-0.4, -0.2) is 51.6 Å². The first kappa shape index (κ1) is 33.2. The van der Waals surface area contributed by atoms with Gasteiger partial charge in [0, 0.05) is 67.0 Å². The molecule has 0 spiro atoms. The Kier molecular flexibility index (Phi) is 12.5. The Morgan fingerprint density at radius 2 is 1.74 bits per heavy atom. The molecule has 1 saturated carbocycles. The van der Waals surface area contributed by atoms with Gasteiger partial charge in [-0.25, -0.2) is 9.97 Å². The van der Waals surface area contributed by atoms with Crippen LogP contribution in [-0.2, 0) is 12.1 Å². The number of hydrogen-bond acceptors (Lipinski definition) is 9. The van der Waals surface area contributed by atoms with Crippen LogP contribution >= 0.6 is 0 Å². The second kappa shape index (κ2) is 15.8. The van der Waals surface area contributed by atoms with Crippen molar-refractivity contribution in [2.75, 3.05) is 26.6 Å². The maximum atomic E-state index is 10.0. The molecule has 2 aromatic carbocycles. The Hall–Kier alpha value is -3.31. The van der Waals surface area contributed by atoms with Gasteiger partial charge in [-0.1, -0.05) is 32.2 Å². The van der Waals surface area contributed by atoms with Crippen LogP contribution < -0.4 is 19.5 Å². The maximum Gasteiger partial charge on any atom is 0.145 e. The largest absolute Gasteiger partial charge is 0.497 e. The van der Waals surface area contributed by atoms with Crippen molar-refractivity contribution in [3.05, 3.63) is 90.1 Å². The first-order chi connectivity index (χ1) is 19.9. The molecule has 227 valence electrons. The summed E-state index contributed by atoms with van der Waals surface area (Å²) in [5.74, 6) is 3.97. The molecule has 2 heterocycles. The van der Waals surface area contributed by atoms with Crippen molar-refractivity contribution in [2.45, 2.75) is 45.3 Å². The molecule has 5 rings (SSSR count). The average Bonchev–Trinajstić information content (AvgIpc) is 3.09. The molecule has 2 aromatic heterocycles. The minimum Gasteiger partial charge on any atom is -0.497 e. The summed E-state index contributed by atoms with van der Waals surface area (Å²) in [6.45, 7) is 4.62. The van der Waals surface area contributed by atoms with E-state index in [1.807, 2.05) is 54.7 Å². The SMILES string of the molecule is COc1ccc(CNc2ncn[nH]cnc3c(OC)cccc23)c(OC)c1.C[C-](C)c1ccc(C2(O)CCC2)nc1.[Ho]. The number of aromatic nitrogens is 5. The molecule has 10 nitrogen and oxygen atoms in total. The third-order valence-corrected chi connectivity index (χ3v) is 6.98. The summed E-state index contributed by atoms with van der Waals surface area (Å²) in [4.78, 5) is 13.1. The molecule has 0 atom stereocenters. The fraction of sp³-hybridized carbons (Fsp3) is 0.323. The van der Waals surface area contributed by atoms with Crippen molar-refractivity contribution < 1.29 is 57.1 Å². The number of anilines is 1. The Bertz CT molecular complexity index is 1490. The summed E-state index contributed by atoms with van der Waals surface area (Å²) < 4.78 is 16.1. The summed E-state index contributed by atoms with van der Waals surface area (Å²) in [6.07, 6.45) is 7.58. The molecule has 42 heavy (non-hydrogen) atoms. The summed E-state index contributed by atoms with van der Waals surface area (Å²) in [7, 11) is 4.86. The van der Waals surface area contributed by atoms with Crippen LogP contribution in [0.3, 0.4) is 0 Å². The van der Waals surface area contributed by atoms with E-state index < -0.39 is 5.60 Å². The van der Waals surface area contributed by atoms with Gasteiger partial charge in [0.1, 0.15) is 46.8 Å². The molecular formula is C31H37HoN6O4-. The standard InChI is InChI=1S/C19H21N5O3.C12H16NO.Ho/c1-25-14-8-7-13(17(9-14)27-3)10-20-19-15-5-4-6-16(26-2)18(15)21-11-23-24-12-22-19;1-9(2)10-4-5-11(13-8-10)12(14)6-3-7-12;/h4-9,11-12H,10H2,1-3H3,(H,21,23)(H,20,22,24);4-5,8,14H,3,6-7H2,1-2H3;/q;-1;. The predicted molar refractivity (Wildman–Crippen MR) is 158 cm³/mol. The third kappa shape index (κ3) is 8.16. The van der Waals surface area contributed by atoms with E-state index in [0.29, 0.717) is 23.6 Å². The van der Waals surface area contributed by atoms with E-state index in [1.54, 1.807) is 21.3 Å². The van der Waals surface area contributed by atoms with E-state index in [2.05, 4.69) is 44.3 Å². The molecule has 3 N–H and O–H groups in total. The van der Waals surface area contributed by atoms with Crippen LogP contribution in [0.1, 0.15) is 49.9 Å². The number of benzene rings is 2. The zero-order valence-electron chi connectivity index (χ0n) is 24.4. The molecule has 1 aliphatic rings. The van der Waals surface area contributed by atoms with Crippen molar-refractivity contribution in [1.29, 1.82) is 0 Å². The number of methoxy groups -OCH3 is 3. The Morgan fingerprint density at radius 3 is 2.36 bits per heavy atom. The molecular weight excluding hydrogens is 685 g/mol. The number of pyridine rings is 1. The van der Waals surface area contributed by atoms with E-state index in [0.717, 1.165) is 53.0 Å². The molecule has 1 aliphatic carbocycles. The van der Waals surface area contributed by atoms with Gasteiger partial charge in [0.25, 0.3) is 0 Å². The second-order valence-electron chi connectivity index (χ2n) is 9.81. The van der Waals surface area contributed by atoms with Crippen LogP contribution in [0.15, 0.2) is 67.4 Å². The molecule has 0 aliphatic heterocycles. The monoisotopic (exact) mass is 722 g/mol. The van der Waals surface area contributed by atoms with Crippen LogP contribution in [0.4, 0.5) is 5.82 Å². The van der Waals surface area contributed by atoms with Gasteiger partial charge in [0.2, 0.25) is 0 Å². The number of para-hydroxylation sites is 1. The normalized spacial score (nSPS) is 12.8. The van der Waals surface area contributed by atoms with Crippen LogP contribution in [0.25, 0.3) is 10.9 Å². The summed E-state index contributed by atoms with van der Waals surface area (Å²) >= 11 is 0. The van der Waals surface area contributed by atoms with Gasteiger partial charge in [-0.2, -0.15) is 22.6 Å². The summed E-state index contributed by atoms with van der Waals surface area (Å²) in [5.41, 5.74) is 2.97. The van der Waals surface area contributed by atoms with Crippen LogP contribution in [0.5, 0.6) is 17.2 Å². The quantitative estimate of drug-likeness (QED) is 0.159. The number of nitrogens with one attached hydrogen (secondary N) is 2. The summed E-state index contributed by atoms with van der Waals surface area (Å²) in [6, 6.07) is 15.3. The Morgan fingerprint density at radius 1 is 0.952 bits per heavy atom. The second-order valence-corrected chi connectivity index (χ2v) is 9.81. The minimum absolute atomic E-state index is 0. The number of hydrogen-bond donors (Lipinski definition) is 3. The van der Waals surface area contributed by atoms with E-state index in [9.17, 15) is 5.11 Å².